The van der Waals surface area contributed by atoms with E-state index in [-0.39, 0.29) is 11.1 Å². The third-order valence-corrected chi connectivity index (χ3v) is 5.20. The normalized spacial score (nSPS) is 13.5. The van der Waals surface area contributed by atoms with Crippen molar-refractivity contribution in [1.82, 2.24) is 9.97 Å². The van der Waals surface area contributed by atoms with E-state index in [1.54, 1.807) is 30.5 Å². The molecule has 0 atom stereocenters. The van der Waals surface area contributed by atoms with E-state index in [0.29, 0.717) is 11.3 Å². The Hall–Kier alpha value is -2.17. The molecule has 126 valence electrons. The molecule has 0 radical (unpaired) electrons. The number of aromatic nitrogens is 2. The summed E-state index contributed by atoms with van der Waals surface area (Å²) in [7, 11) is 0. The summed E-state index contributed by atoms with van der Waals surface area (Å²) in [6.45, 7) is 0. The van der Waals surface area contributed by atoms with E-state index in [2.05, 4.69) is 10.3 Å². The van der Waals surface area contributed by atoms with Gasteiger partial charge in [-0.2, -0.15) is 0 Å². The van der Waals surface area contributed by atoms with Gasteiger partial charge in [0.2, 0.25) is 0 Å². The summed E-state index contributed by atoms with van der Waals surface area (Å²) < 4.78 is 0. The van der Waals surface area contributed by atoms with Crippen LogP contribution in [0.5, 0.6) is 0 Å². The van der Waals surface area contributed by atoms with Gasteiger partial charge in [0.15, 0.2) is 5.15 Å². The molecule has 0 unspecified atom stereocenters. The van der Waals surface area contributed by atoms with Crippen LogP contribution < -0.4 is 5.32 Å². The maximum atomic E-state index is 12.5. The van der Waals surface area contributed by atoms with Crippen molar-refractivity contribution in [3.63, 3.8) is 0 Å². The maximum Gasteiger partial charge on any atom is 0.255 e. The number of rotatable bonds is 2. The van der Waals surface area contributed by atoms with E-state index < -0.39 is 0 Å². The first kappa shape index (κ1) is 16.3. The molecule has 1 aromatic carbocycles. The summed E-state index contributed by atoms with van der Waals surface area (Å²) in [6, 6.07) is 8.81. The molecule has 6 heteroatoms. The highest BCUT2D eigenvalue weighted by atomic mass is 35.5. The van der Waals surface area contributed by atoms with Gasteiger partial charge >= 0.3 is 0 Å². The van der Waals surface area contributed by atoms with Gasteiger partial charge < -0.3 is 5.32 Å². The van der Waals surface area contributed by atoms with Crippen molar-refractivity contribution in [2.24, 2.45) is 0 Å². The zero-order valence-electron chi connectivity index (χ0n) is 13.4. The van der Waals surface area contributed by atoms with Gasteiger partial charge in [-0.05, 0) is 55.5 Å². The molecule has 2 heterocycles. The third kappa shape index (κ3) is 3.08. The van der Waals surface area contributed by atoms with Crippen LogP contribution in [0.25, 0.3) is 10.9 Å². The predicted octanol–water partition coefficient (Wildman–Crippen LogP) is 5.07. The molecule has 3 aromatic rings. The van der Waals surface area contributed by atoms with Crippen molar-refractivity contribution in [2.45, 2.75) is 25.7 Å². The summed E-state index contributed by atoms with van der Waals surface area (Å²) in [5.74, 6) is -0.257. The van der Waals surface area contributed by atoms with E-state index in [0.717, 1.165) is 52.9 Å². The van der Waals surface area contributed by atoms with E-state index in [4.69, 9.17) is 28.2 Å². The number of aryl methyl sites for hydroxylation is 1. The molecule has 4 rings (SSSR count). The van der Waals surface area contributed by atoms with E-state index in [1.165, 1.54) is 0 Å². The van der Waals surface area contributed by atoms with Crippen molar-refractivity contribution >= 4 is 45.7 Å². The van der Waals surface area contributed by atoms with Crippen LogP contribution in [0.1, 0.15) is 34.5 Å². The molecule has 0 aliphatic heterocycles. The van der Waals surface area contributed by atoms with Crippen molar-refractivity contribution in [2.75, 3.05) is 5.32 Å². The van der Waals surface area contributed by atoms with Crippen LogP contribution >= 0.6 is 23.2 Å². The molecule has 2 aromatic heterocycles. The second kappa shape index (κ2) is 6.62. The molecule has 0 saturated carbocycles. The second-order valence-corrected chi connectivity index (χ2v) is 6.82. The minimum atomic E-state index is -0.257. The molecule has 0 bridgehead atoms. The molecule has 1 aliphatic carbocycles. The minimum Gasteiger partial charge on any atom is -0.319 e. The van der Waals surface area contributed by atoms with Crippen LogP contribution in [0.15, 0.2) is 36.5 Å². The van der Waals surface area contributed by atoms with Gasteiger partial charge in [0, 0.05) is 22.8 Å². The fraction of sp³-hybridized carbons (Fsp3) is 0.211. The number of hydrogen-bond donors (Lipinski definition) is 1. The Kier molecular flexibility index (Phi) is 4.32. The molecular weight excluding hydrogens is 357 g/mol. The summed E-state index contributed by atoms with van der Waals surface area (Å²) in [5.41, 5.74) is 3.93. The van der Waals surface area contributed by atoms with Crippen LogP contribution in [-0.4, -0.2) is 15.9 Å². The lowest BCUT2D eigenvalue weighted by atomic mass is 9.94. The first-order chi connectivity index (χ1) is 12.1. The average molecular weight is 372 g/mol. The van der Waals surface area contributed by atoms with E-state index in [1.807, 2.05) is 6.07 Å². The molecule has 1 N–H and O–H groups in total. The predicted molar refractivity (Wildman–Crippen MR) is 101 cm³/mol. The highest BCUT2D eigenvalue weighted by molar-refractivity contribution is 6.36. The summed E-state index contributed by atoms with van der Waals surface area (Å²) in [5, 5.41) is 4.68. The topological polar surface area (TPSA) is 54.9 Å². The van der Waals surface area contributed by atoms with Crippen LogP contribution in [-0.2, 0) is 12.8 Å². The first-order valence-electron chi connectivity index (χ1n) is 8.16. The number of carbonyl (C=O) groups is 1. The molecule has 0 fully saturated rings. The van der Waals surface area contributed by atoms with Gasteiger partial charge in [0.05, 0.1) is 16.2 Å². The number of hydrogen-bond acceptors (Lipinski definition) is 3. The monoisotopic (exact) mass is 371 g/mol. The van der Waals surface area contributed by atoms with Gasteiger partial charge in [0.25, 0.3) is 5.91 Å². The van der Waals surface area contributed by atoms with Gasteiger partial charge in [-0.1, -0.05) is 29.3 Å². The van der Waals surface area contributed by atoms with Gasteiger partial charge in [0.1, 0.15) is 0 Å². The Morgan fingerprint density at radius 1 is 1.12 bits per heavy atom. The molecule has 1 amide bonds. The van der Waals surface area contributed by atoms with E-state index in [9.17, 15) is 4.79 Å². The summed E-state index contributed by atoms with van der Waals surface area (Å²) >= 11 is 12.6. The van der Waals surface area contributed by atoms with Crippen LogP contribution in [0.4, 0.5) is 5.69 Å². The summed E-state index contributed by atoms with van der Waals surface area (Å²) in [6.07, 6.45) is 5.75. The number of nitrogens with one attached hydrogen (secondary N) is 1. The fourth-order valence-electron chi connectivity index (χ4n) is 3.18. The number of pyridine rings is 2. The Labute approximate surface area is 155 Å². The number of fused-ring (bicyclic) bond motifs is 2. The molecular formula is C19H15Cl2N3O. The highest BCUT2D eigenvalue weighted by Crippen LogP contribution is 2.33. The Balaban J connectivity index is 1.71. The Morgan fingerprint density at radius 2 is 1.96 bits per heavy atom. The average Bonchev–Trinajstić information content (AvgIpc) is 2.63. The van der Waals surface area contributed by atoms with Gasteiger partial charge in [-0.15, -0.1) is 0 Å². The zero-order valence-corrected chi connectivity index (χ0v) is 14.9. The lowest BCUT2D eigenvalue weighted by molar-refractivity contribution is 0.102. The van der Waals surface area contributed by atoms with Gasteiger partial charge in [-0.3, -0.25) is 9.78 Å². The quantitative estimate of drug-likeness (QED) is 0.639. The number of anilines is 1. The lowest BCUT2D eigenvalue weighted by Crippen LogP contribution is -2.13. The largest absolute Gasteiger partial charge is 0.319 e. The number of amides is 1. The summed E-state index contributed by atoms with van der Waals surface area (Å²) in [4.78, 5) is 21.2. The first-order valence-corrected chi connectivity index (χ1v) is 8.92. The van der Waals surface area contributed by atoms with Crippen molar-refractivity contribution in [3.05, 3.63) is 63.5 Å². The van der Waals surface area contributed by atoms with Crippen molar-refractivity contribution < 1.29 is 4.79 Å². The number of benzene rings is 1. The SMILES string of the molecule is O=C(Nc1cccnc1Cl)c1ccc2c(Cl)c3c(nc2c1)CCCC3. The zero-order chi connectivity index (χ0) is 17.4. The second-order valence-electron chi connectivity index (χ2n) is 6.09. The highest BCUT2D eigenvalue weighted by Gasteiger charge is 2.18. The number of carbonyl (C=O) groups excluding carboxylic acids is 1. The van der Waals surface area contributed by atoms with Crippen LogP contribution in [0.2, 0.25) is 10.2 Å². The van der Waals surface area contributed by atoms with Gasteiger partial charge in [-0.25, -0.2) is 4.98 Å². The fourth-order valence-corrected chi connectivity index (χ4v) is 3.71. The Morgan fingerprint density at radius 3 is 2.80 bits per heavy atom. The van der Waals surface area contributed by atoms with Crippen LogP contribution in [0, 0.1) is 0 Å². The molecule has 0 spiro atoms. The Bertz CT molecular complexity index is 988. The minimum absolute atomic E-state index is 0.256. The smallest absolute Gasteiger partial charge is 0.255 e. The molecule has 4 nitrogen and oxygen atoms in total. The standard InChI is InChI=1S/C19H15Cl2N3O/c20-17-12-4-1-2-5-14(12)23-16-10-11(7-8-13(16)17)19(25)24-15-6-3-9-22-18(15)21/h3,6-10H,1-2,4-5H2,(H,24,25). The molecule has 1 aliphatic rings. The number of halogens is 2. The van der Waals surface area contributed by atoms with Crippen molar-refractivity contribution in [1.29, 1.82) is 0 Å². The van der Waals surface area contributed by atoms with Crippen molar-refractivity contribution in [3.8, 4) is 0 Å². The number of nitrogens with zero attached hydrogens (tertiary/aromatic N) is 2. The van der Waals surface area contributed by atoms with Crippen LogP contribution in [0.3, 0.4) is 0 Å². The molecule has 0 saturated heterocycles. The third-order valence-electron chi connectivity index (χ3n) is 4.46. The lowest BCUT2D eigenvalue weighted by Gasteiger charge is -2.18. The maximum absolute atomic E-state index is 12.5. The molecule has 25 heavy (non-hydrogen) atoms. The van der Waals surface area contributed by atoms with E-state index >= 15 is 0 Å².